The summed E-state index contributed by atoms with van der Waals surface area (Å²) >= 11 is 11.6. The number of nitro benzene ring substituents is 1. The highest BCUT2D eigenvalue weighted by molar-refractivity contribution is 6.43. The first kappa shape index (κ1) is 14.8. The average Bonchev–Trinajstić information content (AvgIpc) is 3.22. The van der Waals surface area contributed by atoms with Crippen LogP contribution in [0.2, 0.25) is 10.0 Å². The number of amides is 1. The second-order valence-electron chi connectivity index (χ2n) is 4.53. The molecule has 0 N–H and O–H groups in total. The van der Waals surface area contributed by atoms with Crippen LogP contribution in [-0.4, -0.2) is 28.3 Å². The van der Waals surface area contributed by atoms with Crippen molar-refractivity contribution < 1.29 is 9.72 Å². The first-order valence-corrected chi connectivity index (χ1v) is 6.76. The van der Waals surface area contributed by atoms with E-state index in [1.54, 1.807) is 11.0 Å². The predicted molar refractivity (Wildman–Crippen MR) is 77.4 cm³/mol. The Morgan fingerprint density at radius 2 is 2.15 bits per heavy atom. The van der Waals surface area contributed by atoms with Gasteiger partial charge in [0.1, 0.15) is 5.02 Å². The van der Waals surface area contributed by atoms with Gasteiger partial charge >= 0.3 is 0 Å². The van der Waals surface area contributed by atoms with E-state index >= 15 is 0 Å². The molecule has 5 nitrogen and oxygen atoms in total. The zero-order valence-electron chi connectivity index (χ0n) is 10.5. The molecule has 1 aliphatic carbocycles. The molecular weight excluding hydrogens is 303 g/mol. The Kier molecular flexibility index (Phi) is 4.30. The van der Waals surface area contributed by atoms with Crippen LogP contribution in [0.5, 0.6) is 0 Å². The maximum Gasteiger partial charge on any atom is 0.290 e. The third-order valence-corrected chi connectivity index (χ3v) is 3.82. The number of nitrogens with zero attached hydrogens (tertiary/aromatic N) is 2. The molecule has 0 saturated heterocycles. The van der Waals surface area contributed by atoms with Gasteiger partial charge in [0, 0.05) is 24.2 Å². The molecule has 2 rings (SSSR count). The van der Waals surface area contributed by atoms with E-state index in [0.29, 0.717) is 6.54 Å². The van der Waals surface area contributed by atoms with Gasteiger partial charge in [-0.3, -0.25) is 14.9 Å². The molecule has 0 bridgehead atoms. The lowest BCUT2D eigenvalue weighted by molar-refractivity contribution is -0.384. The molecule has 1 aromatic carbocycles. The Bertz CT molecular complexity index is 585. The maximum atomic E-state index is 12.4. The molecule has 0 unspecified atom stereocenters. The fraction of sp³-hybridized carbons (Fsp3) is 0.308. The topological polar surface area (TPSA) is 63.5 Å². The number of nitro groups is 1. The number of halogens is 2. The van der Waals surface area contributed by atoms with Gasteiger partial charge in [0.2, 0.25) is 0 Å². The first-order valence-electron chi connectivity index (χ1n) is 6.01. The van der Waals surface area contributed by atoms with Crippen LogP contribution in [-0.2, 0) is 0 Å². The Balaban J connectivity index is 2.38. The molecule has 0 spiro atoms. The molecule has 1 fully saturated rings. The van der Waals surface area contributed by atoms with E-state index in [9.17, 15) is 14.9 Å². The van der Waals surface area contributed by atoms with Crippen LogP contribution in [0.25, 0.3) is 0 Å². The molecule has 106 valence electrons. The van der Waals surface area contributed by atoms with Crippen LogP contribution in [0.3, 0.4) is 0 Å². The van der Waals surface area contributed by atoms with Gasteiger partial charge in [0.15, 0.2) is 0 Å². The van der Waals surface area contributed by atoms with E-state index in [1.807, 2.05) is 0 Å². The van der Waals surface area contributed by atoms with Crippen LogP contribution in [0, 0.1) is 10.1 Å². The van der Waals surface area contributed by atoms with E-state index in [1.165, 1.54) is 6.07 Å². The van der Waals surface area contributed by atoms with Crippen molar-refractivity contribution in [2.75, 3.05) is 6.54 Å². The van der Waals surface area contributed by atoms with Crippen molar-refractivity contribution in [3.05, 3.63) is 50.5 Å². The largest absolute Gasteiger partial charge is 0.332 e. The average molecular weight is 315 g/mol. The molecule has 0 aromatic heterocycles. The number of carbonyl (C=O) groups is 1. The highest BCUT2D eigenvalue weighted by Gasteiger charge is 2.33. The molecule has 0 heterocycles. The highest BCUT2D eigenvalue weighted by atomic mass is 35.5. The lowest BCUT2D eigenvalue weighted by Gasteiger charge is -2.20. The molecule has 1 amide bonds. The molecule has 0 aliphatic heterocycles. The SMILES string of the molecule is C=CCN(C(=O)c1cc(Cl)c(Cl)c([N+](=O)[O-])c1)C1CC1. The van der Waals surface area contributed by atoms with Gasteiger partial charge in [-0.1, -0.05) is 29.3 Å². The van der Waals surface area contributed by atoms with Crippen LogP contribution in [0.4, 0.5) is 5.69 Å². The summed E-state index contributed by atoms with van der Waals surface area (Å²) in [7, 11) is 0. The molecule has 0 atom stereocenters. The molecule has 0 radical (unpaired) electrons. The smallest absolute Gasteiger partial charge is 0.290 e. The predicted octanol–water partition coefficient (Wildman–Crippen LogP) is 3.69. The van der Waals surface area contributed by atoms with Crippen molar-refractivity contribution in [3.63, 3.8) is 0 Å². The van der Waals surface area contributed by atoms with E-state index < -0.39 is 4.92 Å². The maximum absolute atomic E-state index is 12.4. The summed E-state index contributed by atoms with van der Waals surface area (Å²) < 4.78 is 0. The van der Waals surface area contributed by atoms with E-state index in [4.69, 9.17) is 23.2 Å². The lowest BCUT2D eigenvalue weighted by Crippen LogP contribution is -2.33. The summed E-state index contributed by atoms with van der Waals surface area (Å²) in [6, 6.07) is 2.70. The number of rotatable bonds is 5. The minimum atomic E-state index is -0.653. The number of hydrogen-bond donors (Lipinski definition) is 0. The monoisotopic (exact) mass is 314 g/mol. The van der Waals surface area contributed by atoms with Gasteiger partial charge in [0.05, 0.1) is 9.95 Å². The van der Waals surface area contributed by atoms with Gasteiger partial charge in [-0.15, -0.1) is 6.58 Å². The van der Waals surface area contributed by atoms with Crippen molar-refractivity contribution in [3.8, 4) is 0 Å². The van der Waals surface area contributed by atoms with Crippen molar-refractivity contribution in [1.29, 1.82) is 0 Å². The second-order valence-corrected chi connectivity index (χ2v) is 5.31. The molecular formula is C13H12Cl2N2O3. The molecule has 1 aromatic rings. The third-order valence-electron chi connectivity index (χ3n) is 3.03. The first-order chi connectivity index (χ1) is 9.45. The van der Waals surface area contributed by atoms with Gasteiger partial charge < -0.3 is 4.90 Å². The van der Waals surface area contributed by atoms with Gasteiger partial charge in [0.25, 0.3) is 11.6 Å². The molecule has 20 heavy (non-hydrogen) atoms. The third kappa shape index (κ3) is 2.94. The highest BCUT2D eigenvalue weighted by Crippen LogP contribution is 2.35. The van der Waals surface area contributed by atoms with Crippen molar-refractivity contribution in [2.24, 2.45) is 0 Å². The van der Waals surface area contributed by atoms with Crippen molar-refractivity contribution >= 4 is 34.8 Å². The fourth-order valence-corrected chi connectivity index (χ4v) is 2.31. The summed E-state index contributed by atoms with van der Waals surface area (Å²) in [4.78, 5) is 24.3. The quantitative estimate of drug-likeness (QED) is 0.473. The van der Waals surface area contributed by atoms with Gasteiger partial charge in [-0.2, -0.15) is 0 Å². The Morgan fingerprint density at radius 1 is 1.50 bits per heavy atom. The van der Waals surface area contributed by atoms with Gasteiger partial charge in [-0.25, -0.2) is 0 Å². The summed E-state index contributed by atoms with van der Waals surface area (Å²) in [5.74, 6) is -0.297. The summed E-state index contributed by atoms with van der Waals surface area (Å²) in [6.07, 6.45) is 3.49. The van der Waals surface area contributed by atoms with Crippen LogP contribution >= 0.6 is 23.2 Å². The van der Waals surface area contributed by atoms with E-state index in [2.05, 4.69) is 6.58 Å². The Morgan fingerprint density at radius 3 is 2.65 bits per heavy atom. The normalized spacial score (nSPS) is 13.9. The summed E-state index contributed by atoms with van der Waals surface area (Å²) in [5.41, 5.74) is -0.197. The Labute approximate surface area is 125 Å². The number of benzene rings is 1. The minimum Gasteiger partial charge on any atom is -0.332 e. The lowest BCUT2D eigenvalue weighted by atomic mass is 10.1. The van der Waals surface area contributed by atoms with E-state index in [0.717, 1.165) is 18.9 Å². The van der Waals surface area contributed by atoms with E-state index in [-0.39, 0.29) is 33.2 Å². The van der Waals surface area contributed by atoms with Crippen molar-refractivity contribution in [2.45, 2.75) is 18.9 Å². The standard InChI is InChI=1S/C13H12Cl2N2O3/c1-2-5-16(9-3-4-9)13(18)8-6-10(14)12(15)11(7-8)17(19)20/h2,6-7,9H,1,3-5H2. The van der Waals surface area contributed by atoms with Gasteiger partial charge in [-0.05, 0) is 18.9 Å². The van der Waals surface area contributed by atoms with Crippen LogP contribution in [0.1, 0.15) is 23.2 Å². The summed E-state index contributed by atoms with van der Waals surface area (Å²) in [5, 5.41) is 10.8. The van der Waals surface area contributed by atoms with Crippen LogP contribution < -0.4 is 0 Å². The zero-order valence-corrected chi connectivity index (χ0v) is 12.0. The molecule has 1 aliphatic rings. The van der Waals surface area contributed by atoms with Crippen molar-refractivity contribution in [1.82, 2.24) is 4.90 Å². The minimum absolute atomic E-state index is 0.00133. The molecule has 1 saturated carbocycles. The Hall–Kier alpha value is -1.59. The zero-order chi connectivity index (χ0) is 14.9. The number of hydrogen-bond acceptors (Lipinski definition) is 3. The second kappa shape index (κ2) is 5.81. The fourth-order valence-electron chi connectivity index (χ4n) is 1.92. The summed E-state index contributed by atoms with van der Waals surface area (Å²) in [6.45, 7) is 4.02. The van der Waals surface area contributed by atoms with Crippen LogP contribution in [0.15, 0.2) is 24.8 Å². The number of carbonyl (C=O) groups excluding carboxylic acids is 1. The molecule has 7 heteroatoms.